The monoisotopic (exact) mass is 436 g/mol. The summed E-state index contributed by atoms with van der Waals surface area (Å²) in [4.78, 5) is 17.5. The normalized spacial score (nSPS) is 17.9. The Morgan fingerprint density at radius 1 is 1.19 bits per heavy atom. The van der Waals surface area contributed by atoms with Gasteiger partial charge in [-0.15, -0.1) is 0 Å². The minimum absolute atomic E-state index is 0.223. The highest BCUT2D eigenvalue weighted by Crippen LogP contribution is 2.32. The zero-order chi connectivity index (χ0) is 23.1. The number of hydroxylamine groups is 1. The van der Waals surface area contributed by atoms with E-state index in [0.717, 1.165) is 22.4 Å². The number of oxime groups is 1. The van der Waals surface area contributed by atoms with Gasteiger partial charge in [-0.2, -0.15) is 0 Å². The Morgan fingerprint density at radius 2 is 1.78 bits per heavy atom. The van der Waals surface area contributed by atoms with E-state index in [1.165, 1.54) is 0 Å². The second-order valence-electron chi connectivity index (χ2n) is 8.18. The molecule has 1 aliphatic rings. The molecule has 2 aromatic carbocycles. The van der Waals surface area contributed by atoms with Crippen LogP contribution in [0, 0.1) is 17.3 Å². The predicted octanol–water partition coefficient (Wildman–Crippen LogP) is 2.92. The molecule has 3 rings (SSSR count). The first-order valence-corrected chi connectivity index (χ1v) is 10.6. The van der Waals surface area contributed by atoms with Crippen LogP contribution in [0.5, 0.6) is 0 Å². The number of nitrogens with one attached hydrogen (secondary N) is 1. The SMILES string of the molecule is CC[C@](C)(C[C@H]1CC(c2ccc(C#Cc3ccc([C@H](O)CO)cc3)cc2)=NO1)C(=O)NO. The van der Waals surface area contributed by atoms with Crippen LogP contribution >= 0.6 is 0 Å². The maximum Gasteiger partial charge on any atom is 0.249 e. The topological polar surface area (TPSA) is 111 Å². The summed E-state index contributed by atoms with van der Waals surface area (Å²) in [5.41, 5.74) is 5.08. The summed E-state index contributed by atoms with van der Waals surface area (Å²) in [6, 6.07) is 14.8. The van der Waals surface area contributed by atoms with E-state index < -0.39 is 17.4 Å². The fourth-order valence-electron chi connectivity index (χ4n) is 3.53. The van der Waals surface area contributed by atoms with Crippen LogP contribution in [-0.2, 0) is 9.63 Å². The van der Waals surface area contributed by atoms with Crippen LogP contribution in [0.25, 0.3) is 0 Å². The van der Waals surface area contributed by atoms with Crippen LogP contribution in [0.2, 0.25) is 0 Å². The summed E-state index contributed by atoms with van der Waals surface area (Å²) in [6.07, 6.45) is 0.520. The molecule has 1 heterocycles. The minimum atomic E-state index is -0.880. The third kappa shape index (κ3) is 5.54. The van der Waals surface area contributed by atoms with Crippen molar-refractivity contribution in [2.24, 2.45) is 10.6 Å². The van der Waals surface area contributed by atoms with E-state index in [2.05, 4.69) is 17.0 Å². The average Bonchev–Trinajstić information content (AvgIpc) is 3.30. The Balaban J connectivity index is 1.61. The van der Waals surface area contributed by atoms with E-state index in [-0.39, 0.29) is 12.7 Å². The number of rotatable bonds is 7. The largest absolute Gasteiger partial charge is 0.393 e. The molecule has 0 aromatic heterocycles. The highest BCUT2D eigenvalue weighted by molar-refractivity contribution is 6.01. The lowest BCUT2D eigenvalue weighted by molar-refractivity contribution is -0.141. The Hall–Kier alpha value is -3.18. The smallest absolute Gasteiger partial charge is 0.249 e. The van der Waals surface area contributed by atoms with Crippen molar-refractivity contribution < 1.29 is 25.1 Å². The van der Waals surface area contributed by atoms with Crippen molar-refractivity contribution in [3.63, 3.8) is 0 Å². The minimum Gasteiger partial charge on any atom is -0.393 e. The van der Waals surface area contributed by atoms with E-state index in [4.69, 9.17) is 15.2 Å². The average molecular weight is 437 g/mol. The van der Waals surface area contributed by atoms with Crippen LogP contribution < -0.4 is 5.48 Å². The van der Waals surface area contributed by atoms with Gasteiger partial charge in [0.15, 0.2) is 0 Å². The Kier molecular flexibility index (Phi) is 7.65. The van der Waals surface area contributed by atoms with Crippen molar-refractivity contribution in [1.29, 1.82) is 0 Å². The van der Waals surface area contributed by atoms with Gasteiger partial charge in [0.1, 0.15) is 12.2 Å². The van der Waals surface area contributed by atoms with Crippen molar-refractivity contribution >= 4 is 11.6 Å². The maximum atomic E-state index is 12.0. The second kappa shape index (κ2) is 10.4. The number of aliphatic hydroxyl groups excluding tert-OH is 2. The lowest BCUT2D eigenvalue weighted by Gasteiger charge is -2.27. The van der Waals surface area contributed by atoms with Gasteiger partial charge in [0.25, 0.3) is 0 Å². The van der Waals surface area contributed by atoms with Crippen molar-refractivity contribution in [3.05, 3.63) is 70.8 Å². The zero-order valence-corrected chi connectivity index (χ0v) is 18.2. The van der Waals surface area contributed by atoms with E-state index >= 15 is 0 Å². The van der Waals surface area contributed by atoms with Crippen LogP contribution in [0.4, 0.5) is 0 Å². The standard InChI is InChI=1S/C25H28N2O5/c1-3-25(2,24(30)26-31)15-21-14-22(27-32-21)19-10-6-17(7-11-19)4-5-18-8-12-20(13-9-18)23(29)16-28/h6-13,21,23,28-29,31H,3,14-16H2,1-2H3,(H,26,30)/t21-,23-,25-/m1/s1. The molecule has 0 aliphatic carbocycles. The van der Waals surface area contributed by atoms with E-state index in [0.29, 0.717) is 24.8 Å². The molecule has 3 atom stereocenters. The quantitative estimate of drug-likeness (QED) is 0.303. The fourth-order valence-corrected chi connectivity index (χ4v) is 3.53. The van der Waals surface area contributed by atoms with Crippen molar-refractivity contribution in [2.75, 3.05) is 6.61 Å². The Bertz CT molecular complexity index is 1020. The molecule has 7 heteroatoms. The molecular weight excluding hydrogens is 408 g/mol. The zero-order valence-electron chi connectivity index (χ0n) is 18.2. The van der Waals surface area contributed by atoms with Crippen LogP contribution in [0.3, 0.4) is 0 Å². The second-order valence-corrected chi connectivity index (χ2v) is 8.18. The molecule has 0 unspecified atom stereocenters. The number of aliphatic hydroxyl groups is 2. The number of carbonyl (C=O) groups excluding carboxylic acids is 1. The molecule has 1 aliphatic heterocycles. The molecule has 168 valence electrons. The number of carbonyl (C=O) groups is 1. The highest BCUT2D eigenvalue weighted by Gasteiger charge is 2.37. The number of benzene rings is 2. The van der Waals surface area contributed by atoms with Crippen molar-refractivity contribution in [1.82, 2.24) is 5.48 Å². The van der Waals surface area contributed by atoms with Crippen molar-refractivity contribution in [2.45, 2.75) is 45.3 Å². The van der Waals surface area contributed by atoms with Gasteiger partial charge in [-0.25, -0.2) is 5.48 Å². The summed E-state index contributed by atoms with van der Waals surface area (Å²) < 4.78 is 0. The summed E-state index contributed by atoms with van der Waals surface area (Å²) in [6.45, 7) is 3.39. The predicted molar refractivity (Wildman–Crippen MR) is 120 cm³/mol. The van der Waals surface area contributed by atoms with Gasteiger partial charge in [-0.05, 0) is 41.8 Å². The molecule has 0 saturated heterocycles. The first-order chi connectivity index (χ1) is 15.4. The summed E-state index contributed by atoms with van der Waals surface area (Å²) >= 11 is 0. The Labute approximate surface area is 187 Å². The number of nitrogens with zero attached hydrogens (tertiary/aromatic N) is 1. The van der Waals surface area contributed by atoms with Crippen LogP contribution in [0.1, 0.15) is 61.5 Å². The van der Waals surface area contributed by atoms with Gasteiger partial charge in [0, 0.05) is 24.0 Å². The maximum absolute atomic E-state index is 12.0. The van der Waals surface area contributed by atoms with Gasteiger partial charge >= 0.3 is 0 Å². The van der Waals surface area contributed by atoms with Gasteiger partial charge in [0.05, 0.1) is 17.7 Å². The fraction of sp³-hybridized carbons (Fsp3) is 0.360. The molecular formula is C25H28N2O5. The first kappa shape index (κ1) is 23.5. The lowest BCUT2D eigenvalue weighted by atomic mass is 9.80. The number of amides is 1. The number of hydrogen-bond acceptors (Lipinski definition) is 6. The third-order valence-electron chi connectivity index (χ3n) is 5.88. The first-order valence-electron chi connectivity index (χ1n) is 10.6. The molecule has 1 amide bonds. The van der Waals surface area contributed by atoms with Gasteiger partial charge in [0.2, 0.25) is 5.91 Å². The molecule has 0 spiro atoms. The van der Waals surface area contributed by atoms with Gasteiger partial charge in [-0.3, -0.25) is 10.0 Å². The number of hydrogen-bond donors (Lipinski definition) is 4. The molecule has 0 radical (unpaired) electrons. The Morgan fingerprint density at radius 3 is 2.31 bits per heavy atom. The molecule has 7 nitrogen and oxygen atoms in total. The van der Waals surface area contributed by atoms with Crippen LogP contribution in [-0.4, -0.2) is 39.8 Å². The van der Waals surface area contributed by atoms with Gasteiger partial charge < -0.3 is 15.1 Å². The van der Waals surface area contributed by atoms with E-state index in [1.54, 1.807) is 36.7 Å². The van der Waals surface area contributed by atoms with E-state index in [1.807, 2.05) is 31.2 Å². The lowest BCUT2D eigenvalue weighted by Crippen LogP contribution is -2.39. The third-order valence-corrected chi connectivity index (χ3v) is 5.88. The van der Waals surface area contributed by atoms with E-state index in [9.17, 15) is 9.90 Å². The summed E-state index contributed by atoms with van der Waals surface area (Å²) in [7, 11) is 0. The van der Waals surface area contributed by atoms with Crippen LogP contribution in [0.15, 0.2) is 53.7 Å². The highest BCUT2D eigenvalue weighted by atomic mass is 16.6. The molecule has 0 fully saturated rings. The molecule has 0 bridgehead atoms. The molecule has 32 heavy (non-hydrogen) atoms. The molecule has 2 aromatic rings. The summed E-state index contributed by atoms with van der Waals surface area (Å²) in [5.74, 6) is 5.77. The van der Waals surface area contributed by atoms with Crippen molar-refractivity contribution in [3.8, 4) is 11.8 Å². The molecule has 4 N–H and O–H groups in total. The summed E-state index contributed by atoms with van der Waals surface area (Å²) in [5, 5.41) is 31.8. The van der Waals surface area contributed by atoms with Gasteiger partial charge in [-0.1, -0.05) is 55.1 Å². The molecule has 0 saturated carbocycles.